The first kappa shape index (κ1) is 15.2. The van der Waals surface area contributed by atoms with Crippen LogP contribution in [0.3, 0.4) is 0 Å². The van der Waals surface area contributed by atoms with Crippen LogP contribution < -0.4 is 5.32 Å². The molecule has 0 saturated carbocycles. The zero-order valence-electron chi connectivity index (χ0n) is 10.6. The van der Waals surface area contributed by atoms with Crippen molar-refractivity contribution in [3.05, 3.63) is 17.9 Å². The van der Waals surface area contributed by atoms with Gasteiger partial charge in [0, 0.05) is 14.1 Å². The first-order chi connectivity index (χ1) is 8.66. The Morgan fingerprint density at radius 3 is 2.42 bits per heavy atom. The average molecular weight is 290 g/mol. The first-order valence-electron chi connectivity index (χ1n) is 5.22. The second-order valence-corrected chi connectivity index (χ2v) is 6.02. The Morgan fingerprint density at radius 1 is 1.37 bits per heavy atom. The number of rotatable bonds is 5. The van der Waals surface area contributed by atoms with Gasteiger partial charge in [-0.25, -0.2) is 12.7 Å². The largest absolute Gasteiger partial charge is 0.480 e. The molecule has 1 aromatic heterocycles. The monoisotopic (exact) mass is 290 g/mol. The number of carboxylic acids is 1. The molecule has 0 aliphatic rings. The molecule has 1 aromatic rings. The van der Waals surface area contributed by atoms with Crippen LogP contribution in [-0.2, 0) is 14.8 Å². The maximum absolute atomic E-state index is 11.7. The fraction of sp³-hybridized carbons (Fsp3) is 0.400. The number of carbonyl (C=O) groups excluding carboxylic acids is 1. The third-order valence-corrected chi connectivity index (χ3v) is 3.95. The van der Waals surface area contributed by atoms with Gasteiger partial charge in [0.2, 0.25) is 5.09 Å². The summed E-state index contributed by atoms with van der Waals surface area (Å²) in [6.07, 6.45) is 0. The topological polar surface area (TPSA) is 117 Å². The normalized spacial score (nSPS) is 13.3. The molecule has 0 fully saturated rings. The molecule has 0 aromatic carbocycles. The van der Waals surface area contributed by atoms with Gasteiger partial charge in [0.15, 0.2) is 5.76 Å². The lowest BCUT2D eigenvalue weighted by Crippen LogP contribution is -2.38. The smallest absolute Gasteiger partial charge is 0.325 e. The number of nitrogens with zero attached hydrogens (tertiary/aromatic N) is 1. The second kappa shape index (κ2) is 5.41. The van der Waals surface area contributed by atoms with E-state index in [-0.39, 0.29) is 10.9 Å². The Labute approximate surface area is 110 Å². The molecule has 1 atom stereocenters. The molecule has 1 rings (SSSR count). The van der Waals surface area contributed by atoms with E-state index >= 15 is 0 Å². The summed E-state index contributed by atoms with van der Waals surface area (Å²) in [5.74, 6) is -2.27. The highest BCUT2D eigenvalue weighted by Crippen LogP contribution is 2.16. The minimum absolute atomic E-state index is 0.270. The lowest BCUT2D eigenvalue weighted by Gasteiger charge is -2.08. The summed E-state index contributed by atoms with van der Waals surface area (Å²) in [5, 5.41) is 10.4. The predicted octanol–water partition coefficient (Wildman–Crippen LogP) is -0.267. The number of furan rings is 1. The first-order valence-corrected chi connectivity index (χ1v) is 6.66. The number of carboxylic acid groups (broad SMARTS) is 1. The Balaban J connectivity index is 2.92. The number of aliphatic carboxylic acids is 1. The summed E-state index contributed by atoms with van der Waals surface area (Å²) < 4.78 is 29.3. The fourth-order valence-electron chi connectivity index (χ4n) is 1.09. The minimum atomic E-state index is -3.76. The highest BCUT2D eigenvalue weighted by molar-refractivity contribution is 7.88. The van der Waals surface area contributed by atoms with Gasteiger partial charge >= 0.3 is 5.97 Å². The molecule has 1 unspecified atom stereocenters. The molecule has 9 heteroatoms. The SMILES string of the molecule is CC(NC(=O)c1ccc(S(=O)(=O)N(C)C)o1)C(=O)O. The molecule has 19 heavy (non-hydrogen) atoms. The van der Waals surface area contributed by atoms with Gasteiger partial charge in [0.05, 0.1) is 0 Å². The summed E-state index contributed by atoms with van der Waals surface area (Å²) in [6, 6.07) is 1.20. The van der Waals surface area contributed by atoms with E-state index in [0.717, 1.165) is 10.4 Å². The Kier molecular flexibility index (Phi) is 4.32. The summed E-state index contributed by atoms with van der Waals surface area (Å²) in [5.41, 5.74) is 0. The van der Waals surface area contributed by atoms with Crippen molar-refractivity contribution in [3.63, 3.8) is 0 Å². The Hall–Kier alpha value is -1.87. The highest BCUT2D eigenvalue weighted by Gasteiger charge is 2.24. The van der Waals surface area contributed by atoms with E-state index in [1.165, 1.54) is 27.1 Å². The van der Waals surface area contributed by atoms with Crippen molar-refractivity contribution in [1.82, 2.24) is 9.62 Å². The van der Waals surface area contributed by atoms with Crippen LogP contribution in [0.5, 0.6) is 0 Å². The van der Waals surface area contributed by atoms with Gasteiger partial charge in [-0.3, -0.25) is 9.59 Å². The van der Waals surface area contributed by atoms with Crippen LogP contribution >= 0.6 is 0 Å². The van der Waals surface area contributed by atoms with Gasteiger partial charge in [0.25, 0.3) is 15.9 Å². The number of nitrogens with one attached hydrogen (secondary N) is 1. The predicted molar refractivity (Wildman–Crippen MR) is 64.1 cm³/mol. The molecule has 8 nitrogen and oxygen atoms in total. The van der Waals surface area contributed by atoms with Crippen LogP contribution in [0, 0.1) is 0 Å². The van der Waals surface area contributed by atoms with Gasteiger partial charge in [-0.15, -0.1) is 0 Å². The van der Waals surface area contributed by atoms with Crippen LogP contribution in [0.15, 0.2) is 21.6 Å². The molecular formula is C10H14N2O6S. The summed E-state index contributed by atoms with van der Waals surface area (Å²) in [4.78, 5) is 22.2. The van der Waals surface area contributed by atoms with Crippen molar-refractivity contribution < 1.29 is 27.5 Å². The molecule has 0 bridgehead atoms. The molecule has 106 valence electrons. The van der Waals surface area contributed by atoms with E-state index < -0.39 is 27.9 Å². The number of sulfonamides is 1. The summed E-state index contributed by atoms with van der Waals surface area (Å²) >= 11 is 0. The van der Waals surface area contributed by atoms with Crippen LogP contribution in [0.4, 0.5) is 0 Å². The van der Waals surface area contributed by atoms with Gasteiger partial charge < -0.3 is 14.8 Å². The van der Waals surface area contributed by atoms with Crippen molar-refractivity contribution in [2.45, 2.75) is 18.1 Å². The third kappa shape index (κ3) is 3.32. The zero-order valence-corrected chi connectivity index (χ0v) is 11.4. The van der Waals surface area contributed by atoms with Gasteiger partial charge in [-0.05, 0) is 19.1 Å². The number of amides is 1. The highest BCUT2D eigenvalue weighted by atomic mass is 32.2. The van der Waals surface area contributed by atoms with Crippen molar-refractivity contribution in [2.24, 2.45) is 0 Å². The number of hydrogen-bond acceptors (Lipinski definition) is 5. The van der Waals surface area contributed by atoms with E-state index in [9.17, 15) is 18.0 Å². The second-order valence-electron chi connectivity index (χ2n) is 3.94. The maximum atomic E-state index is 11.7. The third-order valence-electron chi connectivity index (χ3n) is 2.26. The van der Waals surface area contributed by atoms with Crippen molar-refractivity contribution in [3.8, 4) is 0 Å². The molecule has 0 aliphatic heterocycles. The molecule has 0 spiro atoms. The minimum Gasteiger partial charge on any atom is -0.480 e. The van der Waals surface area contributed by atoms with Crippen LogP contribution in [0.25, 0.3) is 0 Å². The molecule has 1 heterocycles. The van der Waals surface area contributed by atoms with E-state index in [1.807, 2.05) is 0 Å². The lowest BCUT2D eigenvalue weighted by molar-refractivity contribution is -0.138. The summed E-state index contributed by atoms with van der Waals surface area (Å²) in [6.45, 7) is 1.28. The number of hydrogen-bond donors (Lipinski definition) is 2. The van der Waals surface area contributed by atoms with Crippen LogP contribution in [-0.4, -0.2) is 49.8 Å². The van der Waals surface area contributed by atoms with Crippen molar-refractivity contribution in [2.75, 3.05) is 14.1 Å². The molecule has 0 radical (unpaired) electrons. The molecule has 0 saturated heterocycles. The zero-order chi connectivity index (χ0) is 14.8. The Morgan fingerprint density at radius 2 is 1.95 bits per heavy atom. The van der Waals surface area contributed by atoms with E-state index in [1.54, 1.807) is 0 Å². The molecule has 0 aliphatic carbocycles. The fourth-order valence-corrected chi connectivity index (χ4v) is 1.89. The van der Waals surface area contributed by atoms with Gasteiger partial charge in [-0.2, -0.15) is 0 Å². The maximum Gasteiger partial charge on any atom is 0.325 e. The number of carbonyl (C=O) groups is 2. The van der Waals surface area contributed by atoms with Crippen LogP contribution in [0.2, 0.25) is 0 Å². The van der Waals surface area contributed by atoms with E-state index in [4.69, 9.17) is 9.52 Å². The molecular weight excluding hydrogens is 276 g/mol. The van der Waals surface area contributed by atoms with Crippen molar-refractivity contribution in [1.29, 1.82) is 0 Å². The quantitative estimate of drug-likeness (QED) is 0.771. The van der Waals surface area contributed by atoms with Crippen LogP contribution in [0.1, 0.15) is 17.5 Å². The Bertz CT molecular complexity index is 589. The molecule has 1 amide bonds. The standard InChI is InChI=1S/C10H14N2O6S/c1-6(10(14)15)11-9(13)7-4-5-8(18-7)19(16,17)12(2)3/h4-6H,1-3H3,(H,11,13)(H,14,15). The van der Waals surface area contributed by atoms with E-state index in [2.05, 4.69) is 5.32 Å². The van der Waals surface area contributed by atoms with Crippen molar-refractivity contribution >= 4 is 21.9 Å². The molecule has 2 N–H and O–H groups in total. The van der Waals surface area contributed by atoms with Gasteiger partial charge in [0.1, 0.15) is 6.04 Å². The van der Waals surface area contributed by atoms with Gasteiger partial charge in [-0.1, -0.05) is 0 Å². The van der Waals surface area contributed by atoms with E-state index in [0.29, 0.717) is 0 Å². The summed E-state index contributed by atoms with van der Waals surface area (Å²) in [7, 11) is -1.12. The average Bonchev–Trinajstić information content (AvgIpc) is 2.78. The lowest BCUT2D eigenvalue weighted by atomic mass is 10.3.